The minimum atomic E-state index is 0.0295. The van der Waals surface area contributed by atoms with E-state index in [2.05, 4.69) is 72.8 Å². The summed E-state index contributed by atoms with van der Waals surface area (Å²) >= 11 is 0. The largest absolute Gasteiger partial charge is 0.497 e. The van der Waals surface area contributed by atoms with E-state index in [1.807, 2.05) is 0 Å². The van der Waals surface area contributed by atoms with Gasteiger partial charge in [0, 0.05) is 5.92 Å². The highest BCUT2D eigenvalue weighted by Crippen LogP contribution is 2.70. The van der Waals surface area contributed by atoms with E-state index in [0.717, 1.165) is 5.75 Å². The molecule has 1 heteroatoms. The van der Waals surface area contributed by atoms with Gasteiger partial charge in [0.05, 0.1) is 12.5 Å². The highest BCUT2D eigenvalue weighted by atomic mass is 16.5. The normalized spacial score (nSPS) is 23.4. The molecule has 0 amide bonds. The number of hydrogen-bond donors (Lipinski definition) is 0. The minimum Gasteiger partial charge on any atom is -0.497 e. The van der Waals surface area contributed by atoms with Crippen molar-refractivity contribution in [2.24, 2.45) is 0 Å². The quantitative estimate of drug-likeness (QED) is 0.674. The topological polar surface area (TPSA) is 9.23 Å². The number of rotatable bonds is 2. The molecule has 0 spiro atoms. The predicted octanol–water partition coefficient (Wildman–Crippen LogP) is 4.49. The van der Waals surface area contributed by atoms with Gasteiger partial charge in [-0.1, -0.05) is 60.7 Å². The second kappa shape index (κ2) is 4.01. The number of methoxy groups -OCH3 is 1. The van der Waals surface area contributed by atoms with E-state index in [4.69, 9.17) is 4.74 Å². The van der Waals surface area contributed by atoms with Crippen LogP contribution in [0.4, 0.5) is 0 Å². The van der Waals surface area contributed by atoms with Crippen LogP contribution in [0.3, 0.4) is 0 Å². The van der Waals surface area contributed by atoms with Crippen molar-refractivity contribution in [1.82, 2.24) is 0 Å². The van der Waals surface area contributed by atoms with Crippen molar-refractivity contribution in [3.05, 3.63) is 101 Å². The van der Waals surface area contributed by atoms with Gasteiger partial charge in [-0.3, -0.25) is 0 Å². The molecule has 0 saturated heterocycles. The van der Waals surface area contributed by atoms with Crippen LogP contribution in [0.25, 0.3) is 0 Å². The van der Waals surface area contributed by atoms with Crippen molar-refractivity contribution >= 4 is 0 Å². The van der Waals surface area contributed by atoms with Crippen LogP contribution >= 0.6 is 0 Å². The lowest BCUT2D eigenvalue weighted by Crippen LogP contribution is -2.54. The fraction of sp³-hybridized carbons (Fsp3) is 0.143. The fourth-order valence-corrected chi connectivity index (χ4v) is 4.48. The van der Waals surface area contributed by atoms with Crippen molar-refractivity contribution in [3.8, 4) is 5.75 Å². The Bertz CT molecular complexity index is 881. The molecular formula is C21H16O. The van der Waals surface area contributed by atoms with Crippen LogP contribution in [0.1, 0.15) is 33.7 Å². The van der Waals surface area contributed by atoms with Crippen molar-refractivity contribution in [2.45, 2.75) is 11.3 Å². The summed E-state index contributed by atoms with van der Waals surface area (Å²) in [4.78, 5) is 0. The first-order valence-electron chi connectivity index (χ1n) is 7.70. The first-order chi connectivity index (χ1) is 10.9. The summed E-state index contributed by atoms with van der Waals surface area (Å²) in [5.41, 5.74) is 7.20. The molecule has 0 saturated carbocycles. The fourth-order valence-electron chi connectivity index (χ4n) is 4.48. The lowest BCUT2D eigenvalue weighted by atomic mass is 9.40. The molecular weight excluding hydrogens is 268 g/mol. The monoisotopic (exact) mass is 284 g/mol. The molecule has 2 aliphatic rings. The molecule has 0 unspecified atom stereocenters. The smallest absolute Gasteiger partial charge is 0.119 e. The molecule has 0 heterocycles. The Kier molecular flexibility index (Phi) is 2.20. The Morgan fingerprint density at radius 3 is 2.32 bits per heavy atom. The molecule has 2 atom stereocenters. The SMILES string of the molecule is COc1ccc2c(c1)[C@]1(c3ccccc3)c3ccccc3[C@@H]21. The van der Waals surface area contributed by atoms with Gasteiger partial charge >= 0.3 is 0 Å². The zero-order chi connectivity index (χ0) is 14.7. The van der Waals surface area contributed by atoms with Gasteiger partial charge < -0.3 is 4.74 Å². The Balaban J connectivity index is 1.82. The summed E-state index contributed by atoms with van der Waals surface area (Å²) in [5, 5.41) is 0. The lowest BCUT2D eigenvalue weighted by molar-refractivity contribution is 0.381. The van der Waals surface area contributed by atoms with Crippen molar-refractivity contribution in [3.63, 3.8) is 0 Å². The second-order valence-electron chi connectivity index (χ2n) is 6.15. The number of ether oxygens (including phenoxy) is 1. The maximum Gasteiger partial charge on any atom is 0.119 e. The van der Waals surface area contributed by atoms with Gasteiger partial charge in [0.15, 0.2) is 0 Å². The summed E-state index contributed by atoms with van der Waals surface area (Å²) in [6.07, 6.45) is 0. The Morgan fingerprint density at radius 2 is 1.50 bits per heavy atom. The Morgan fingerprint density at radius 1 is 0.773 bits per heavy atom. The predicted molar refractivity (Wildman–Crippen MR) is 87.6 cm³/mol. The van der Waals surface area contributed by atoms with Crippen LogP contribution in [0.15, 0.2) is 72.8 Å². The lowest BCUT2D eigenvalue weighted by Gasteiger charge is -2.61. The third kappa shape index (κ3) is 1.17. The van der Waals surface area contributed by atoms with Crippen LogP contribution in [0.5, 0.6) is 5.75 Å². The van der Waals surface area contributed by atoms with Gasteiger partial charge in [-0.05, 0) is 39.9 Å². The summed E-state index contributed by atoms with van der Waals surface area (Å²) in [7, 11) is 1.74. The standard InChI is InChI=1S/C21H16O/c1-22-15-11-12-17-19(13-15)21(14-7-3-2-4-8-14)18-10-6-5-9-16(18)20(17)21/h2-13,20H,1H3/t20-,21-/m0/s1. The summed E-state index contributed by atoms with van der Waals surface area (Å²) in [6.45, 7) is 0. The molecule has 0 N–H and O–H groups in total. The van der Waals surface area contributed by atoms with E-state index in [1.54, 1.807) is 7.11 Å². The van der Waals surface area contributed by atoms with E-state index in [-0.39, 0.29) is 5.41 Å². The van der Waals surface area contributed by atoms with Crippen LogP contribution in [0.2, 0.25) is 0 Å². The number of fused-ring (bicyclic) bond motifs is 7. The van der Waals surface area contributed by atoms with Gasteiger partial charge in [0.2, 0.25) is 0 Å². The highest BCUT2D eigenvalue weighted by molar-refractivity contribution is 5.77. The molecule has 1 nitrogen and oxygen atoms in total. The Hall–Kier alpha value is -2.54. The molecule has 0 radical (unpaired) electrons. The van der Waals surface area contributed by atoms with E-state index < -0.39 is 0 Å². The van der Waals surface area contributed by atoms with Crippen molar-refractivity contribution in [2.75, 3.05) is 7.11 Å². The van der Waals surface area contributed by atoms with Crippen molar-refractivity contribution < 1.29 is 4.74 Å². The summed E-state index contributed by atoms with van der Waals surface area (Å²) < 4.78 is 5.46. The van der Waals surface area contributed by atoms with Crippen LogP contribution in [0, 0.1) is 0 Å². The zero-order valence-corrected chi connectivity index (χ0v) is 12.4. The van der Waals surface area contributed by atoms with Gasteiger partial charge in [-0.25, -0.2) is 0 Å². The van der Waals surface area contributed by atoms with E-state index in [1.165, 1.54) is 27.8 Å². The summed E-state index contributed by atoms with van der Waals surface area (Å²) in [6, 6.07) is 26.3. The third-order valence-electron chi connectivity index (χ3n) is 5.36. The maximum atomic E-state index is 5.46. The first-order valence-corrected chi connectivity index (χ1v) is 7.70. The van der Waals surface area contributed by atoms with Gasteiger partial charge in [-0.15, -0.1) is 0 Å². The van der Waals surface area contributed by atoms with E-state index in [0.29, 0.717) is 5.92 Å². The number of benzene rings is 3. The van der Waals surface area contributed by atoms with Crippen LogP contribution < -0.4 is 4.74 Å². The molecule has 0 bridgehead atoms. The molecule has 5 rings (SSSR count). The Labute approximate surface area is 130 Å². The molecule has 2 aliphatic carbocycles. The minimum absolute atomic E-state index is 0.0295. The molecule has 0 fully saturated rings. The number of hydrogen-bond acceptors (Lipinski definition) is 1. The summed E-state index contributed by atoms with van der Waals surface area (Å²) in [5.74, 6) is 1.43. The second-order valence-corrected chi connectivity index (χ2v) is 6.15. The van der Waals surface area contributed by atoms with Gasteiger partial charge in [0.1, 0.15) is 5.75 Å². The molecule has 22 heavy (non-hydrogen) atoms. The molecule has 3 aromatic carbocycles. The molecule has 106 valence electrons. The highest BCUT2D eigenvalue weighted by Gasteiger charge is 2.62. The average Bonchev–Trinajstić information content (AvgIpc) is 2.56. The third-order valence-corrected chi connectivity index (χ3v) is 5.36. The van der Waals surface area contributed by atoms with Crippen LogP contribution in [-0.4, -0.2) is 7.11 Å². The van der Waals surface area contributed by atoms with Crippen LogP contribution in [-0.2, 0) is 5.41 Å². The zero-order valence-electron chi connectivity index (χ0n) is 12.4. The van der Waals surface area contributed by atoms with Gasteiger partial charge in [-0.2, -0.15) is 0 Å². The molecule has 0 aliphatic heterocycles. The van der Waals surface area contributed by atoms with Crippen molar-refractivity contribution in [1.29, 1.82) is 0 Å². The first kappa shape index (κ1) is 12.0. The maximum absolute atomic E-state index is 5.46. The molecule has 0 aromatic heterocycles. The van der Waals surface area contributed by atoms with E-state index >= 15 is 0 Å². The molecule has 3 aromatic rings. The van der Waals surface area contributed by atoms with E-state index in [9.17, 15) is 0 Å². The van der Waals surface area contributed by atoms with Gasteiger partial charge in [0.25, 0.3) is 0 Å². The average molecular weight is 284 g/mol.